The average molecular weight is 219 g/mol. The van der Waals surface area contributed by atoms with Gasteiger partial charge in [0.2, 0.25) is 11.8 Å². The van der Waals surface area contributed by atoms with Crippen molar-refractivity contribution in [3.63, 3.8) is 0 Å². The minimum Gasteiger partial charge on any atom is -0.282 e. The summed E-state index contributed by atoms with van der Waals surface area (Å²) in [5.41, 5.74) is 0. The lowest BCUT2D eigenvalue weighted by Crippen LogP contribution is -2.31. The predicted octanol–water partition coefficient (Wildman–Crippen LogP) is 1.90. The molecule has 16 heavy (non-hydrogen) atoms. The lowest BCUT2D eigenvalue weighted by atomic mass is 9.91. The van der Waals surface area contributed by atoms with Gasteiger partial charge in [-0.2, -0.15) is 0 Å². The van der Waals surface area contributed by atoms with Crippen LogP contribution in [0.5, 0.6) is 0 Å². The molecule has 3 heteroatoms. The van der Waals surface area contributed by atoms with Crippen LogP contribution in [0.1, 0.15) is 26.2 Å². The highest BCUT2D eigenvalue weighted by atomic mass is 16.2. The van der Waals surface area contributed by atoms with Crippen molar-refractivity contribution < 1.29 is 9.59 Å². The molecular formula is C13H17NO2. The molecule has 1 saturated heterocycles. The molecule has 2 amide bonds. The molecule has 0 aromatic carbocycles. The van der Waals surface area contributed by atoms with Gasteiger partial charge in [0.15, 0.2) is 0 Å². The molecule has 3 nitrogen and oxygen atoms in total. The molecule has 2 unspecified atom stereocenters. The van der Waals surface area contributed by atoms with Gasteiger partial charge in [-0.25, -0.2) is 0 Å². The highest BCUT2D eigenvalue weighted by Crippen LogP contribution is 2.31. The van der Waals surface area contributed by atoms with Gasteiger partial charge in [-0.15, -0.1) is 0 Å². The molecule has 0 spiro atoms. The van der Waals surface area contributed by atoms with Crippen molar-refractivity contribution in [2.24, 2.45) is 11.8 Å². The van der Waals surface area contributed by atoms with E-state index in [4.69, 9.17) is 0 Å². The lowest BCUT2D eigenvalue weighted by molar-refractivity contribution is -0.139. The van der Waals surface area contributed by atoms with Crippen molar-refractivity contribution in [1.82, 2.24) is 4.90 Å². The Kier molecular flexibility index (Phi) is 3.22. The van der Waals surface area contributed by atoms with Gasteiger partial charge in [-0.3, -0.25) is 14.5 Å². The van der Waals surface area contributed by atoms with E-state index in [9.17, 15) is 9.59 Å². The molecule has 2 atom stereocenters. The number of hydrogen-bond donors (Lipinski definition) is 0. The standard InChI is InChI=1S/C13H17NO2/c1-2-3-6-9-14-12(15)10-7-4-5-8-11(10)13(14)16/h4-5,7-8,10-11H,2-3,6,9H2,1H3. The maximum atomic E-state index is 12.0. The first kappa shape index (κ1) is 11.1. The zero-order valence-electron chi connectivity index (χ0n) is 9.56. The summed E-state index contributed by atoms with van der Waals surface area (Å²) in [6.07, 6.45) is 10.5. The van der Waals surface area contributed by atoms with Crippen molar-refractivity contribution >= 4 is 11.8 Å². The fraction of sp³-hybridized carbons (Fsp3) is 0.538. The Morgan fingerprint density at radius 3 is 2.12 bits per heavy atom. The van der Waals surface area contributed by atoms with E-state index in [-0.39, 0.29) is 23.7 Å². The summed E-state index contributed by atoms with van der Waals surface area (Å²) < 4.78 is 0. The molecule has 86 valence electrons. The van der Waals surface area contributed by atoms with Crippen LogP contribution in [-0.4, -0.2) is 23.3 Å². The van der Waals surface area contributed by atoms with E-state index in [0.29, 0.717) is 6.54 Å². The van der Waals surface area contributed by atoms with Crippen LogP contribution < -0.4 is 0 Å². The number of unbranched alkanes of at least 4 members (excludes halogenated alkanes) is 2. The second-order valence-corrected chi connectivity index (χ2v) is 4.36. The van der Waals surface area contributed by atoms with Crippen molar-refractivity contribution in [1.29, 1.82) is 0 Å². The Bertz CT molecular complexity index is 327. The van der Waals surface area contributed by atoms with Crippen LogP contribution in [0.3, 0.4) is 0 Å². The second kappa shape index (κ2) is 4.64. The average Bonchev–Trinajstić information content (AvgIpc) is 2.55. The third-order valence-electron chi connectivity index (χ3n) is 3.22. The Hall–Kier alpha value is -1.38. The quantitative estimate of drug-likeness (QED) is 0.535. The van der Waals surface area contributed by atoms with Gasteiger partial charge < -0.3 is 0 Å². The van der Waals surface area contributed by atoms with Crippen molar-refractivity contribution in [2.75, 3.05) is 6.54 Å². The van der Waals surface area contributed by atoms with Crippen LogP contribution in [0.15, 0.2) is 24.3 Å². The van der Waals surface area contributed by atoms with E-state index < -0.39 is 0 Å². The van der Waals surface area contributed by atoms with E-state index in [1.807, 2.05) is 24.3 Å². The van der Waals surface area contributed by atoms with E-state index in [0.717, 1.165) is 19.3 Å². The summed E-state index contributed by atoms with van der Waals surface area (Å²) in [5.74, 6) is -0.517. The third kappa shape index (κ3) is 1.82. The zero-order valence-corrected chi connectivity index (χ0v) is 9.56. The smallest absolute Gasteiger partial charge is 0.237 e. The monoisotopic (exact) mass is 219 g/mol. The molecule has 2 aliphatic rings. The van der Waals surface area contributed by atoms with Crippen LogP contribution in [0.2, 0.25) is 0 Å². The lowest BCUT2D eigenvalue weighted by Gasteiger charge is -2.13. The van der Waals surface area contributed by atoms with Gasteiger partial charge >= 0.3 is 0 Å². The Morgan fingerprint density at radius 1 is 1.06 bits per heavy atom. The molecule has 0 saturated carbocycles. The first-order chi connectivity index (χ1) is 7.75. The molecule has 0 bridgehead atoms. The Morgan fingerprint density at radius 2 is 1.62 bits per heavy atom. The number of rotatable bonds is 4. The summed E-state index contributed by atoms with van der Waals surface area (Å²) in [4.78, 5) is 25.4. The van der Waals surface area contributed by atoms with Gasteiger partial charge in [-0.1, -0.05) is 44.1 Å². The molecule has 0 N–H and O–H groups in total. The molecular weight excluding hydrogens is 202 g/mol. The first-order valence-electron chi connectivity index (χ1n) is 5.96. The topological polar surface area (TPSA) is 37.4 Å². The maximum Gasteiger partial charge on any atom is 0.237 e. The van der Waals surface area contributed by atoms with Crippen LogP contribution >= 0.6 is 0 Å². The van der Waals surface area contributed by atoms with Crippen LogP contribution in [0.25, 0.3) is 0 Å². The molecule has 1 aliphatic heterocycles. The fourth-order valence-corrected chi connectivity index (χ4v) is 2.29. The number of amides is 2. The molecule has 0 aromatic heterocycles. The number of imide groups is 1. The highest BCUT2D eigenvalue weighted by molar-refractivity contribution is 6.07. The van der Waals surface area contributed by atoms with Gasteiger partial charge in [0.25, 0.3) is 0 Å². The van der Waals surface area contributed by atoms with Gasteiger partial charge in [0, 0.05) is 6.54 Å². The summed E-state index contributed by atoms with van der Waals surface area (Å²) in [5, 5.41) is 0. The van der Waals surface area contributed by atoms with E-state index >= 15 is 0 Å². The van der Waals surface area contributed by atoms with E-state index in [1.54, 1.807) is 0 Å². The minimum atomic E-state index is -0.237. The number of fused-ring (bicyclic) bond motifs is 1. The zero-order chi connectivity index (χ0) is 11.5. The molecule has 1 heterocycles. The first-order valence-corrected chi connectivity index (χ1v) is 5.96. The molecule has 0 aromatic rings. The summed E-state index contributed by atoms with van der Waals surface area (Å²) in [6.45, 7) is 2.69. The third-order valence-corrected chi connectivity index (χ3v) is 3.22. The van der Waals surface area contributed by atoms with Crippen molar-refractivity contribution in [3.8, 4) is 0 Å². The number of hydrogen-bond acceptors (Lipinski definition) is 2. The highest BCUT2D eigenvalue weighted by Gasteiger charge is 2.44. The second-order valence-electron chi connectivity index (χ2n) is 4.36. The predicted molar refractivity (Wildman–Crippen MR) is 61.5 cm³/mol. The summed E-state index contributed by atoms with van der Waals surface area (Å²) in [7, 11) is 0. The van der Waals surface area contributed by atoms with Gasteiger partial charge in [0.05, 0.1) is 11.8 Å². The molecule has 1 aliphatic carbocycles. The molecule has 1 fully saturated rings. The normalized spacial score (nSPS) is 27.7. The van der Waals surface area contributed by atoms with Gasteiger partial charge in [0.1, 0.15) is 0 Å². The number of carbonyl (C=O) groups excluding carboxylic acids is 2. The van der Waals surface area contributed by atoms with Crippen LogP contribution in [-0.2, 0) is 9.59 Å². The Balaban J connectivity index is 2.05. The van der Waals surface area contributed by atoms with E-state index in [1.165, 1.54) is 4.90 Å². The van der Waals surface area contributed by atoms with Crippen molar-refractivity contribution in [2.45, 2.75) is 26.2 Å². The number of likely N-dealkylation sites (tertiary alicyclic amines) is 1. The SMILES string of the molecule is CCCCCN1C(=O)C2C=CC=CC2C1=O. The largest absolute Gasteiger partial charge is 0.282 e. The minimum absolute atomic E-state index is 0.0216. The Labute approximate surface area is 95.8 Å². The van der Waals surface area contributed by atoms with Crippen LogP contribution in [0.4, 0.5) is 0 Å². The van der Waals surface area contributed by atoms with Crippen LogP contribution in [0, 0.1) is 11.8 Å². The number of carbonyl (C=O) groups is 2. The van der Waals surface area contributed by atoms with Crippen molar-refractivity contribution in [3.05, 3.63) is 24.3 Å². The fourth-order valence-electron chi connectivity index (χ4n) is 2.29. The van der Waals surface area contributed by atoms with E-state index in [2.05, 4.69) is 6.92 Å². The van der Waals surface area contributed by atoms with Gasteiger partial charge in [-0.05, 0) is 6.42 Å². The summed E-state index contributed by atoms with van der Waals surface area (Å²) >= 11 is 0. The summed E-state index contributed by atoms with van der Waals surface area (Å²) in [6, 6.07) is 0. The number of nitrogens with zero attached hydrogens (tertiary/aromatic N) is 1. The number of allylic oxidation sites excluding steroid dienone is 2. The molecule has 0 radical (unpaired) electrons. The molecule has 2 rings (SSSR count). The maximum absolute atomic E-state index is 12.0.